The summed E-state index contributed by atoms with van der Waals surface area (Å²) in [5.41, 5.74) is 3.99. The third-order valence-corrected chi connectivity index (χ3v) is 4.56. The van der Waals surface area contributed by atoms with Crippen LogP contribution >= 0.6 is 11.8 Å². The molecule has 1 N–H and O–H groups in total. The molecule has 0 aliphatic heterocycles. The van der Waals surface area contributed by atoms with Crippen LogP contribution in [0.15, 0.2) is 52.3 Å². The molecule has 0 radical (unpaired) electrons. The van der Waals surface area contributed by atoms with Gasteiger partial charge in [0.15, 0.2) is 0 Å². The molecule has 1 atom stereocenters. The van der Waals surface area contributed by atoms with Gasteiger partial charge in [-0.2, -0.15) is 0 Å². The zero-order chi connectivity index (χ0) is 13.8. The maximum Gasteiger partial charge on any atom is 0.0289 e. The highest BCUT2D eigenvalue weighted by atomic mass is 32.2. The maximum atomic E-state index is 3.26. The van der Waals surface area contributed by atoms with Crippen LogP contribution in [0.1, 0.15) is 29.7 Å². The van der Waals surface area contributed by atoms with Gasteiger partial charge in [-0.25, -0.2) is 0 Å². The van der Waals surface area contributed by atoms with Crippen molar-refractivity contribution in [3.8, 4) is 0 Å². The van der Waals surface area contributed by atoms with Crippen LogP contribution in [-0.2, 0) is 0 Å². The predicted molar refractivity (Wildman–Crippen MR) is 84.0 cm³/mol. The zero-order valence-corrected chi connectivity index (χ0v) is 12.8. The van der Waals surface area contributed by atoms with E-state index in [0.717, 1.165) is 0 Å². The molecular formula is C17H21NS. The standard InChI is InChI=1S/C17H21NS/c1-12-5-10-17(13(2)11-12)19-16-8-6-15(7-9-16)14(3)18-4/h5-11,14,18H,1-4H3. The van der Waals surface area contributed by atoms with Crippen molar-refractivity contribution in [3.63, 3.8) is 0 Å². The minimum absolute atomic E-state index is 0.403. The molecular weight excluding hydrogens is 250 g/mol. The van der Waals surface area contributed by atoms with Crippen LogP contribution in [0.5, 0.6) is 0 Å². The number of hydrogen-bond acceptors (Lipinski definition) is 2. The minimum atomic E-state index is 0.403. The predicted octanol–water partition coefficient (Wildman–Crippen LogP) is 4.74. The van der Waals surface area contributed by atoms with Gasteiger partial charge in [-0.05, 0) is 57.1 Å². The van der Waals surface area contributed by atoms with Crippen LogP contribution < -0.4 is 5.32 Å². The largest absolute Gasteiger partial charge is 0.313 e. The van der Waals surface area contributed by atoms with Crippen LogP contribution in [0, 0.1) is 13.8 Å². The van der Waals surface area contributed by atoms with Crippen LogP contribution in [0.3, 0.4) is 0 Å². The van der Waals surface area contributed by atoms with Crippen molar-refractivity contribution in [2.24, 2.45) is 0 Å². The molecule has 0 saturated heterocycles. The molecule has 0 bridgehead atoms. The Morgan fingerprint density at radius 2 is 1.68 bits per heavy atom. The topological polar surface area (TPSA) is 12.0 Å². The lowest BCUT2D eigenvalue weighted by molar-refractivity contribution is 0.652. The van der Waals surface area contributed by atoms with Gasteiger partial charge in [-0.3, -0.25) is 0 Å². The van der Waals surface area contributed by atoms with Gasteiger partial charge in [0.2, 0.25) is 0 Å². The van der Waals surface area contributed by atoms with Gasteiger partial charge in [0, 0.05) is 15.8 Å². The van der Waals surface area contributed by atoms with Crippen LogP contribution in [0.2, 0.25) is 0 Å². The molecule has 0 fully saturated rings. The van der Waals surface area contributed by atoms with Gasteiger partial charge in [0.25, 0.3) is 0 Å². The van der Waals surface area contributed by atoms with Crippen molar-refractivity contribution in [2.45, 2.75) is 36.6 Å². The Morgan fingerprint density at radius 1 is 1.00 bits per heavy atom. The molecule has 0 amide bonds. The first-order valence-electron chi connectivity index (χ1n) is 6.62. The molecule has 1 nitrogen and oxygen atoms in total. The Hall–Kier alpha value is -1.25. The molecule has 0 saturated carbocycles. The summed E-state index contributed by atoms with van der Waals surface area (Å²) in [6.45, 7) is 6.48. The van der Waals surface area contributed by atoms with E-state index >= 15 is 0 Å². The van der Waals surface area contributed by atoms with Crippen molar-refractivity contribution >= 4 is 11.8 Å². The summed E-state index contributed by atoms with van der Waals surface area (Å²) in [5.74, 6) is 0. The second-order valence-electron chi connectivity index (χ2n) is 4.95. The van der Waals surface area contributed by atoms with Crippen molar-refractivity contribution in [1.29, 1.82) is 0 Å². The third kappa shape index (κ3) is 3.62. The van der Waals surface area contributed by atoms with Gasteiger partial charge in [-0.1, -0.05) is 41.6 Å². The highest BCUT2D eigenvalue weighted by molar-refractivity contribution is 7.99. The lowest BCUT2D eigenvalue weighted by atomic mass is 10.1. The fourth-order valence-corrected chi connectivity index (χ4v) is 2.91. The first kappa shape index (κ1) is 14.2. The first-order valence-corrected chi connectivity index (χ1v) is 7.44. The van der Waals surface area contributed by atoms with Gasteiger partial charge >= 0.3 is 0 Å². The number of rotatable bonds is 4. The second kappa shape index (κ2) is 6.27. The Bertz CT molecular complexity index is 546. The molecule has 2 rings (SSSR count). The molecule has 2 aromatic carbocycles. The summed E-state index contributed by atoms with van der Waals surface area (Å²) in [6.07, 6.45) is 0. The molecule has 0 spiro atoms. The van der Waals surface area contributed by atoms with Gasteiger partial charge < -0.3 is 5.32 Å². The zero-order valence-electron chi connectivity index (χ0n) is 12.0. The van der Waals surface area contributed by atoms with Crippen LogP contribution in [0.25, 0.3) is 0 Å². The van der Waals surface area contributed by atoms with E-state index in [2.05, 4.69) is 68.6 Å². The number of benzene rings is 2. The van der Waals surface area contributed by atoms with Crippen LogP contribution in [-0.4, -0.2) is 7.05 Å². The van der Waals surface area contributed by atoms with Crippen LogP contribution in [0.4, 0.5) is 0 Å². The first-order chi connectivity index (χ1) is 9.10. The normalized spacial score (nSPS) is 12.4. The SMILES string of the molecule is CNC(C)c1ccc(Sc2ccc(C)cc2C)cc1. The van der Waals surface area contributed by atoms with E-state index < -0.39 is 0 Å². The number of aryl methyl sites for hydroxylation is 2. The molecule has 2 heteroatoms. The van der Waals surface area contributed by atoms with E-state index in [1.54, 1.807) is 0 Å². The smallest absolute Gasteiger partial charge is 0.0289 e. The summed E-state index contributed by atoms with van der Waals surface area (Å²) in [6, 6.07) is 15.8. The highest BCUT2D eigenvalue weighted by Gasteiger charge is 2.04. The summed E-state index contributed by atoms with van der Waals surface area (Å²) >= 11 is 1.83. The Kier molecular flexibility index (Phi) is 4.67. The van der Waals surface area contributed by atoms with Gasteiger partial charge in [0.05, 0.1) is 0 Å². The minimum Gasteiger partial charge on any atom is -0.313 e. The summed E-state index contributed by atoms with van der Waals surface area (Å²) in [7, 11) is 1.99. The molecule has 19 heavy (non-hydrogen) atoms. The van der Waals surface area contributed by atoms with Crippen molar-refractivity contribution in [3.05, 3.63) is 59.2 Å². The number of nitrogens with one attached hydrogen (secondary N) is 1. The van der Waals surface area contributed by atoms with Crippen molar-refractivity contribution in [1.82, 2.24) is 5.32 Å². The molecule has 0 aliphatic carbocycles. The molecule has 0 heterocycles. The average Bonchev–Trinajstić information content (AvgIpc) is 2.42. The molecule has 1 unspecified atom stereocenters. The number of hydrogen-bond donors (Lipinski definition) is 1. The fourth-order valence-electron chi connectivity index (χ4n) is 2.03. The second-order valence-corrected chi connectivity index (χ2v) is 6.07. The molecule has 2 aromatic rings. The van der Waals surface area contributed by atoms with E-state index in [4.69, 9.17) is 0 Å². The summed E-state index contributed by atoms with van der Waals surface area (Å²) in [5, 5.41) is 3.26. The molecule has 100 valence electrons. The van der Waals surface area contributed by atoms with E-state index in [1.165, 1.54) is 26.5 Å². The Morgan fingerprint density at radius 3 is 2.26 bits per heavy atom. The molecule has 0 aliphatic rings. The monoisotopic (exact) mass is 271 g/mol. The quantitative estimate of drug-likeness (QED) is 0.862. The molecule has 0 aromatic heterocycles. The fraction of sp³-hybridized carbons (Fsp3) is 0.294. The van der Waals surface area contributed by atoms with Crippen molar-refractivity contribution in [2.75, 3.05) is 7.05 Å². The lowest BCUT2D eigenvalue weighted by Gasteiger charge is -2.11. The highest BCUT2D eigenvalue weighted by Crippen LogP contribution is 2.31. The van der Waals surface area contributed by atoms with Gasteiger partial charge in [-0.15, -0.1) is 0 Å². The third-order valence-electron chi connectivity index (χ3n) is 3.37. The van der Waals surface area contributed by atoms with Crippen molar-refractivity contribution < 1.29 is 0 Å². The van der Waals surface area contributed by atoms with E-state index in [1.807, 2.05) is 18.8 Å². The summed E-state index contributed by atoms with van der Waals surface area (Å²) in [4.78, 5) is 2.62. The van der Waals surface area contributed by atoms with Gasteiger partial charge in [0.1, 0.15) is 0 Å². The average molecular weight is 271 g/mol. The Balaban J connectivity index is 2.15. The van der Waals surface area contributed by atoms with E-state index in [0.29, 0.717) is 6.04 Å². The Labute approximate surface area is 120 Å². The summed E-state index contributed by atoms with van der Waals surface area (Å²) < 4.78 is 0. The maximum absolute atomic E-state index is 3.26. The lowest BCUT2D eigenvalue weighted by Crippen LogP contribution is -2.11. The van der Waals surface area contributed by atoms with E-state index in [9.17, 15) is 0 Å². The van der Waals surface area contributed by atoms with E-state index in [-0.39, 0.29) is 0 Å².